The van der Waals surface area contributed by atoms with Gasteiger partial charge in [-0.1, -0.05) is 13.8 Å². The average Bonchev–Trinajstić information content (AvgIpc) is 2.70. The van der Waals surface area contributed by atoms with Gasteiger partial charge in [0.1, 0.15) is 18.2 Å². The molecule has 2 aromatic heterocycles. The summed E-state index contributed by atoms with van der Waals surface area (Å²) in [7, 11) is 0. The summed E-state index contributed by atoms with van der Waals surface area (Å²) in [5, 5.41) is 10.7. The van der Waals surface area contributed by atoms with Crippen LogP contribution in [0.2, 0.25) is 0 Å². The van der Waals surface area contributed by atoms with Crippen molar-refractivity contribution in [2.24, 2.45) is 5.92 Å². The number of carbonyl (C=O) groups is 1. The Hall–Kier alpha value is -3.22. The van der Waals surface area contributed by atoms with Gasteiger partial charge in [-0.25, -0.2) is 9.18 Å². The maximum atomic E-state index is 13.9. The number of hydrogen-bond acceptors (Lipinski definition) is 4. The number of rotatable bonds is 7. The van der Waals surface area contributed by atoms with Gasteiger partial charge in [0, 0.05) is 22.7 Å². The lowest BCUT2D eigenvalue weighted by atomic mass is 9.86. The third kappa shape index (κ3) is 5.46. The van der Waals surface area contributed by atoms with E-state index in [2.05, 4.69) is 23.8 Å². The van der Waals surface area contributed by atoms with Gasteiger partial charge in [-0.15, -0.1) is 0 Å². The van der Waals surface area contributed by atoms with Crippen molar-refractivity contribution in [2.45, 2.75) is 66.0 Å². The monoisotopic (exact) mass is 467 g/mol. The smallest absolute Gasteiger partial charge is 0.408 e. The van der Waals surface area contributed by atoms with Crippen molar-refractivity contribution in [3.63, 3.8) is 0 Å². The summed E-state index contributed by atoms with van der Waals surface area (Å²) in [6.45, 7) is 13.9. The molecular formula is C27H34FN3O3. The standard InChI is InChI=1S/C27H34FN3O3/c1-17(2)14-27(7,31(25(32)33)26(4,5)6)16-34-24-15-30-23(12-18(24)3)20-10-11-29-22-9-8-19(28)13-21(20)22/h8-13,15,17H,14,16H2,1-7H3,(H,32,33)/t27-/m0/s1. The second-order valence-corrected chi connectivity index (χ2v) is 10.5. The average molecular weight is 468 g/mol. The molecule has 3 aromatic rings. The van der Waals surface area contributed by atoms with Gasteiger partial charge in [-0.3, -0.25) is 14.9 Å². The zero-order chi connectivity index (χ0) is 25.3. The van der Waals surface area contributed by atoms with E-state index in [4.69, 9.17) is 4.74 Å². The minimum atomic E-state index is -0.971. The van der Waals surface area contributed by atoms with E-state index in [9.17, 15) is 14.3 Å². The molecule has 0 spiro atoms. The third-order valence-electron chi connectivity index (χ3n) is 5.83. The second-order valence-electron chi connectivity index (χ2n) is 10.5. The number of halogens is 1. The van der Waals surface area contributed by atoms with E-state index < -0.39 is 17.2 Å². The van der Waals surface area contributed by atoms with Crippen LogP contribution in [0.25, 0.3) is 22.2 Å². The molecule has 1 atom stereocenters. The Morgan fingerprint density at radius 2 is 1.85 bits per heavy atom. The fourth-order valence-electron chi connectivity index (χ4n) is 4.84. The highest BCUT2D eigenvalue weighted by atomic mass is 19.1. The van der Waals surface area contributed by atoms with Gasteiger partial charge in [0.25, 0.3) is 0 Å². The van der Waals surface area contributed by atoms with Crippen LogP contribution < -0.4 is 4.74 Å². The lowest BCUT2D eigenvalue weighted by Crippen LogP contribution is -2.61. The van der Waals surface area contributed by atoms with Gasteiger partial charge in [0.2, 0.25) is 0 Å². The van der Waals surface area contributed by atoms with E-state index >= 15 is 0 Å². The van der Waals surface area contributed by atoms with Crippen LogP contribution in [0.5, 0.6) is 5.75 Å². The molecule has 7 heteroatoms. The van der Waals surface area contributed by atoms with Crippen LogP contribution in [0, 0.1) is 18.7 Å². The van der Waals surface area contributed by atoms with Gasteiger partial charge >= 0.3 is 6.09 Å². The summed E-state index contributed by atoms with van der Waals surface area (Å²) in [4.78, 5) is 22.6. The predicted molar refractivity (Wildman–Crippen MR) is 133 cm³/mol. The van der Waals surface area contributed by atoms with Gasteiger partial charge in [-0.05, 0) is 82.9 Å². The first kappa shape index (κ1) is 25.4. The van der Waals surface area contributed by atoms with Crippen LogP contribution in [0.3, 0.4) is 0 Å². The number of benzene rings is 1. The molecule has 0 unspecified atom stereocenters. The summed E-state index contributed by atoms with van der Waals surface area (Å²) >= 11 is 0. The molecule has 6 nitrogen and oxygen atoms in total. The number of pyridine rings is 2. The molecule has 1 N–H and O–H groups in total. The Morgan fingerprint density at radius 3 is 2.44 bits per heavy atom. The van der Waals surface area contributed by atoms with Crippen LogP contribution in [0.1, 0.15) is 53.5 Å². The van der Waals surface area contributed by atoms with Gasteiger partial charge in [-0.2, -0.15) is 0 Å². The molecule has 2 heterocycles. The van der Waals surface area contributed by atoms with E-state index in [1.807, 2.05) is 46.8 Å². The van der Waals surface area contributed by atoms with Crippen LogP contribution in [-0.4, -0.2) is 43.8 Å². The molecule has 0 aliphatic rings. The molecule has 0 radical (unpaired) electrons. The molecule has 0 aliphatic heterocycles. The van der Waals surface area contributed by atoms with E-state index in [0.717, 1.165) is 11.1 Å². The van der Waals surface area contributed by atoms with E-state index in [-0.39, 0.29) is 18.3 Å². The predicted octanol–water partition coefficient (Wildman–Crippen LogP) is 6.71. The Balaban J connectivity index is 1.92. The minimum absolute atomic E-state index is 0.194. The highest BCUT2D eigenvalue weighted by Crippen LogP contribution is 2.34. The molecule has 3 rings (SSSR count). The summed E-state index contributed by atoms with van der Waals surface area (Å²) in [6, 6.07) is 8.22. The number of ether oxygens (including phenoxy) is 1. The molecule has 34 heavy (non-hydrogen) atoms. The summed E-state index contributed by atoms with van der Waals surface area (Å²) in [6.07, 6.45) is 3.01. The molecule has 0 saturated carbocycles. The van der Waals surface area contributed by atoms with Crippen molar-refractivity contribution in [3.8, 4) is 17.0 Å². The Bertz CT molecular complexity index is 1190. The summed E-state index contributed by atoms with van der Waals surface area (Å²) in [5.41, 5.74) is 1.70. The van der Waals surface area contributed by atoms with Crippen LogP contribution in [0.4, 0.5) is 9.18 Å². The van der Waals surface area contributed by atoms with Gasteiger partial charge in [0.15, 0.2) is 0 Å². The number of aromatic nitrogens is 2. The second kappa shape index (κ2) is 9.57. The number of hydrogen-bond donors (Lipinski definition) is 1. The van der Waals surface area contributed by atoms with E-state index in [1.165, 1.54) is 17.0 Å². The Kier molecular flexibility index (Phi) is 7.15. The fraction of sp³-hybridized carbons (Fsp3) is 0.444. The first-order valence-corrected chi connectivity index (χ1v) is 11.5. The van der Waals surface area contributed by atoms with Crippen molar-refractivity contribution < 1.29 is 19.0 Å². The molecule has 1 aromatic carbocycles. The Labute approximate surface area is 200 Å². The lowest BCUT2D eigenvalue weighted by molar-refractivity contribution is -0.0110. The SMILES string of the molecule is Cc1cc(-c2ccnc3ccc(F)cc23)ncc1OC[C@](C)(CC(C)C)N(C(=O)O)C(C)(C)C. The van der Waals surface area contributed by atoms with Crippen LogP contribution in [-0.2, 0) is 0 Å². The van der Waals surface area contributed by atoms with Crippen LogP contribution >= 0.6 is 0 Å². The highest BCUT2D eigenvalue weighted by Gasteiger charge is 2.43. The molecule has 182 valence electrons. The van der Waals surface area contributed by atoms with Crippen molar-refractivity contribution in [1.29, 1.82) is 0 Å². The van der Waals surface area contributed by atoms with E-state index in [0.29, 0.717) is 28.8 Å². The van der Waals surface area contributed by atoms with Crippen molar-refractivity contribution in [1.82, 2.24) is 14.9 Å². The lowest BCUT2D eigenvalue weighted by Gasteiger charge is -2.47. The zero-order valence-corrected chi connectivity index (χ0v) is 21.0. The molecule has 1 amide bonds. The number of carboxylic acid groups (broad SMARTS) is 1. The van der Waals surface area contributed by atoms with Gasteiger partial charge < -0.3 is 9.84 Å². The maximum Gasteiger partial charge on any atom is 0.408 e. The number of nitrogens with zero attached hydrogens (tertiary/aromatic N) is 3. The van der Waals surface area contributed by atoms with Crippen molar-refractivity contribution in [3.05, 3.63) is 54.1 Å². The van der Waals surface area contributed by atoms with E-state index in [1.54, 1.807) is 18.5 Å². The summed E-state index contributed by atoms with van der Waals surface area (Å²) < 4.78 is 20.1. The zero-order valence-electron chi connectivity index (χ0n) is 21.0. The maximum absolute atomic E-state index is 13.9. The molecule has 0 fully saturated rings. The minimum Gasteiger partial charge on any atom is -0.489 e. The molecule has 0 aliphatic carbocycles. The quantitative estimate of drug-likeness (QED) is 0.418. The number of amides is 1. The molecule has 0 saturated heterocycles. The number of aryl methyl sites for hydroxylation is 1. The first-order chi connectivity index (χ1) is 15.8. The van der Waals surface area contributed by atoms with Gasteiger partial charge in [0.05, 0.1) is 22.9 Å². The Morgan fingerprint density at radius 1 is 1.15 bits per heavy atom. The fourth-order valence-corrected chi connectivity index (χ4v) is 4.84. The summed E-state index contributed by atoms with van der Waals surface area (Å²) in [5.74, 6) is 0.534. The molecular weight excluding hydrogens is 433 g/mol. The largest absolute Gasteiger partial charge is 0.489 e. The topological polar surface area (TPSA) is 75.6 Å². The van der Waals surface area contributed by atoms with Crippen molar-refractivity contribution in [2.75, 3.05) is 6.61 Å². The third-order valence-corrected chi connectivity index (χ3v) is 5.83. The normalized spacial score (nSPS) is 13.7. The number of fused-ring (bicyclic) bond motifs is 1. The molecule has 0 bridgehead atoms. The first-order valence-electron chi connectivity index (χ1n) is 11.5. The van der Waals surface area contributed by atoms with Crippen LogP contribution in [0.15, 0.2) is 42.7 Å². The van der Waals surface area contributed by atoms with Crippen molar-refractivity contribution >= 4 is 17.0 Å². The highest BCUT2D eigenvalue weighted by molar-refractivity contribution is 5.93.